The van der Waals surface area contributed by atoms with Crippen LogP contribution in [0.15, 0.2) is 24.3 Å². The van der Waals surface area contributed by atoms with Crippen molar-refractivity contribution in [1.29, 1.82) is 0 Å². The van der Waals surface area contributed by atoms with Crippen molar-refractivity contribution in [2.45, 2.75) is 39.3 Å². The Morgan fingerprint density at radius 2 is 1.69 bits per heavy atom. The molecule has 1 aromatic rings. The van der Waals surface area contributed by atoms with E-state index in [9.17, 15) is 19.2 Å². The van der Waals surface area contributed by atoms with Gasteiger partial charge in [0.25, 0.3) is 11.8 Å². The first kappa shape index (κ1) is 21.4. The van der Waals surface area contributed by atoms with Gasteiger partial charge in [0, 0.05) is 23.2 Å². The first-order chi connectivity index (χ1) is 12.2. The van der Waals surface area contributed by atoms with E-state index in [1.165, 1.54) is 6.92 Å². The third-order valence-electron chi connectivity index (χ3n) is 3.06. The molecule has 0 aromatic heterocycles. The predicted octanol–water partition coefficient (Wildman–Crippen LogP) is 1.63. The Morgan fingerprint density at radius 1 is 1.08 bits per heavy atom. The molecule has 0 fully saturated rings. The zero-order chi connectivity index (χ0) is 19.7. The van der Waals surface area contributed by atoms with E-state index in [-0.39, 0.29) is 24.9 Å². The minimum Gasteiger partial charge on any atom is -0.452 e. The molecule has 0 spiro atoms. The number of hydrogen-bond donors (Lipinski definition) is 3. The molecule has 0 heterocycles. The van der Waals surface area contributed by atoms with Crippen LogP contribution in [0.5, 0.6) is 0 Å². The molecule has 0 radical (unpaired) electrons. The molecule has 1 rings (SSSR count). The number of carbonyl (C=O) groups is 4. The van der Waals surface area contributed by atoms with Crippen LogP contribution >= 0.6 is 11.6 Å². The largest absolute Gasteiger partial charge is 0.452 e. The molecule has 9 heteroatoms. The summed E-state index contributed by atoms with van der Waals surface area (Å²) >= 11 is 5.74. The van der Waals surface area contributed by atoms with Crippen molar-refractivity contribution in [3.05, 3.63) is 34.9 Å². The predicted molar refractivity (Wildman–Crippen MR) is 95.8 cm³/mol. The summed E-state index contributed by atoms with van der Waals surface area (Å²) in [5.74, 6) is -1.76. The average molecular weight is 384 g/mol. The van der Waals surface area contributed by atoms with Crippen LogP contribution in [0.3, 0.4) is 0 Å². The molecule has 0 aliphatic rings. The van der Waals surface area contributed by atoms with Gasteiger partial charge in [-0.3, -0.25) is 19.7 Å². The smallest absolute Gasteiger partial charge is 0.321 e. The van der Waals surface area contributed by atoms with Gasteiger partial charge in [-0.2, -0.15) is 0 Å². The molecule has 8 nitrogen and oxygen atoms in total. The highest BCUT2D eigenvalue weighted by Crippen LogP contribution is 2.09. The monoisotopic (exact) mass is 383 g/mol. The molecule has 1 atom stereocenters. The number of halogens is 1. The second kappa shape index (κ2) is 10.4. The van der Waals surface area contributed by atoms with Crippen LogP contribution in [-0.2, 0) is 14.3 Å². The van der Waals surface area contributed by atoms with Crippen molar-refractivity contribution < 1.29 is 23.9 Å². The first-order valence-electron chi connectivity index (χ1n) is 8.03. The summed E-state index contributed by atoms with van der Waals surface area (Å²) in [6, 6.07) is 5.49. The summed E-state index contributed by atoms with van der Waals surface area (Å²) in [4.78, 5) is 46.7. The van der Waals surface area contributed by atoms with Crippen molar-refractivity contribution in [2.24, 2.45) is 0 Å². The fourth-order valence-corrected chi connectivity index (χ4v) is 1.93. The third-order valence-corrected chi connectivity index (χ3v) is 3.31. The lowest BCUT2D eigenvalue weighted by Crippen LogP contribution is -2.46. The normalized spacial score (nSPS) is 11.4. The standard InChI is InChI=1S/C17H22ClN3O5/c1-10(2)20-17(25)21-15(23)11(3)26-14(22)8-9-19-16(24)12-4-6-13(18)7-5-12/h4-7,10-11H,8-9H2,1-3H3,(H,19,24)(H2,20,21,23,25)/t11-/m0/s1. The van der Waals surface area contributed by atoms with Gasteiger partial charge in [-0.15, -0.1) is 0 Å². The highest BCUT2D eigenvalue weighted by Gasteiger charge is 2.20. The molecule has 0 bridgehead atoms. The third kappa shape index (κ3) is 7.98. The number of urea groups is 1. The maximum atomic E-state index is 11.9. The number of ether oxygens (including phenoxy) is 1. The summed E-state index contributed by atoms with van der Waals surface area (Å²) < 4.78 is 4.92. The summed E-state index contributed by atoms with van der Waals surface area (Å²) in [5, 5.41) is 7.62. The molecular formula is C17H22ClN3O5. The van der Waals surface area contributed by atoms with E-state index in [2.05, 4.69) is 16.0 Å². The molecule has 26 heavy (non-hydrogen) atoms. The van der Waals surface area contributed by atoms with Gasteiger partial charge in [-0.05, 0) is 45.0 Å². The highest BCUT2D eigenvalue weighted by atomic mass is 35.5. The zero-order valence-corrected chi connectivity index (χ0v) is 15.6. The van der Waals surface area contributed by atoms with Crippen molar-refractivity contribution in [2.75, 3.05) is 6.54 Å². The van der Waals surface area contributed by atoms with Gasteiger partial charge in [0.05, 0.1) is 6.42 Å². The summed E-state index contributed by atoms with van der Waals surface area (Å²) in [6.07, 6.45) is -1.25. The number of carbonyl (C=O) groups excluding carboxylic acids is 4. The van der Waals surface area contributed by atoms with Gasteiger partial charge < -0.3 is 15.4 Å². The lowest BCUT2D eigenvalue weighted by Gasteiger charge is -2.14. The Morgan fingerprint density at radius 3 is 2.27 bits per heavy atom. The Kier molecular flexibility index (Phi) is 8.57. The second-order valence-electron chi connectivity index (χ2n) is 5.76. The zero-order valence-electron chi connectivity index (χ0n) is 14.8. The van der Waals surface area contributed by atoms with E-state index in [0.29, 0.717) is 10.6 Å². The topological polar surface area (TPSA) is 114 Å². The Bertz CT molecular complexity index is 661. The van der Waals surface area contributed by atoms with E-state index in [0.717, 1.165) is 0 Å². The number of nitrogens with one attached hydrogen (secondary N) is 3. The highest BCUT2D eigenvalue weighted by molar-refractivity contribution is 6.30. The van der Waals surface area contributed by atoms with Crippen molar-refractivity contribution in [3.8, 4) is 0 Å². The minimum absolute atomic E-state index is 0.0441. The van der Waals surface area contributed by atoms with Crippen LogP contribution in [0.2, 0.25) is 5.02 Å². The molecule has 3 N–H and O–H groups in total. The van der Waals surface area contributed by atoms with Crippen LogP contribution in [0.25, 0.3) is 0 Å². The van der Waals surface area contributed by atoms with Crippen LogP contribution in [-0.4, -0.2) is 42.5 Å². The van der Waals surface area contributed by atoms with Crippen LogP contribution in [0.1, 0.15) is 37.6 Å². The van der Waals surface area contributed by atoms with E-state index in [1.807, 2.05) is 0 Å². The van der Waals surface area contributed by atoms with Crippen molar-refractivity contribution in [1.82, 2.24) is 16.0 Å². The quantitative estimate of drug-likeness (QED) is 0.619. The van der Waals surface area contributed by atoms with E-state index in [1.54, 1.807) is 38.1 Å². The summed E-state index contributed by atoms with van der Waals surface area (Å²) in [7, 11) is 0. The molecule has 0 aliphatic carbocycles. The van der Waals surface area contributed by atoms with Gasteiger partial charge >= 0.3 is 12.0 Å². The van der Waals surface area contributed by atoms with Gasteiger partial charge in [0.15, 0.2) is 6.10 Å². The fourth-order valence-electron chi connectivity index (χ4n) is 1.80. The van der Waals surface area contributed by atoms with Gasteiger partial charge in [-0.25, -0.2) is 4.79 Å². The fraction of sp³-hybridized carbons (Fsp3) is 0.412. The van der Waals surface area contributed by atoms with Crippen LogP contribution in [0, 0.1) is 0 Å². The molecule has 0 saturated heterocycles. The van der Waals surface area contributed by atoms with E-state index in [4.69, 9.17) is 16.3 Å². The number of rotatable bonds is 7. The maximum absolute atomic E-state index is 11.9. The Hall–Kier alpha value is -2.61. The van der Waals surface area contributed by atoms with Gasteiger partial charge in [0.1, 0.15) is 0 Å². The summed E-state index contributed by atoms with van der Waals surface area (Å²) in [5.41, 5.74) is 0.409. The Labute approximate surface area is 156 Å². The lowest BCUT2D eigenvalue weighted by molar-refractivity contribution is -0.154. The maximum Gasteiger partial charge on any atom is 0.321 e. The number of esters is 1. The number of hydrogen-bond acceptors (Lipinski definition) is 5. The van der Waals surface area contributed by atoms with Crippen LogP contribution in [0.4, 0.5) is 4.79 Å². The molecule has 4 amide bonds. The molecule has 1 aromatic carbocycles. The minimum atomic E-state index is -1.13. The number of benzene rings is 1. The van der Waals surface area contributed by atoms with Crippen LogP contribution < -0.4 is 16.0 Å². The average Bonchev–Trinajstić information content (AvgIpc) is 2.54. The van der Waals surface area contributed by atoms with Gasteiger partial charge in [0.2, 0.25) is 0 Å². The molecule has 0 aliphatic heterocycles. The molecule has 142 valence electrons. The van der Waals surface area contributed by atoms with E-state index >= 15 is 0 Å². The molecule has 0 saturated carbocycles. The Balaban J connectivity index is 2.32. The number of imide groups is 1. The van der Waals surface area contributed by atoms with Crippen molar-refractivity contribution in [3.63, 3.8) is 0 Å². The lowest BCUT2D eigenvalue weighted by atomic mass is 10.2. The van der Waals surface area contributed by atoms with Gasteiger partial charge in [-0.1, -0.05) is 11.6 Å². The first-order valence-corrected chi connectivity index (χ1v) is 8.41. The number of amides is 4. The second-order valence-corrected chi connectivity index (χ2v) is 6.20. The molecule has 0 unspecified atom stereocenters. The van der Waals surface area contributed by atoms with E-state index < -0.39 is 24.0 Å². The summed E-state index contributed by atoms with van der Waals surface area (Å²) in [6.45, 7) is 4.88. The molecular weight excluding hydrogens is 362 g/mol. The van der Waals surface area contributed by atoms with Crippen molar-refractivity contribution >= 4 is 35.4 Å². The SMILES string of the molecule is CC(C)NC(=O)NC(=O)[C@H](C)OC(=O)CCNC(=O)c1ccc(Cl)cc1.